The summed E-state index contributed by atoms with van der Waals surface area (Å²) >= 11 is 0. The normalized spacial score (nSPS) is 13.4. The molecule has 0 aliphatic carbocycles. The molecule has 0 saturated heterocycles. The first kappa shape index (κ1) is 19.8. The Labute approximate surface area is 129 Å². The van der Waals surface area contributed by atoms with Crippen molar-refractivity contribution >= 4 is 6.09 Å². The van der Waals surface area contributed by atoms with Crippen LogP contribution in [0.4, 0.5) is 4.79 Å². The van der Waals surface area contributed by atoms with Crippen molar-refractivity contribution in [3.63, 3.8) is 0 Å². The highest BCUT2D eigenvalue weighted by Gasteiger charge is 2.20. The minimum atomic E-state index is -0.471. The molecule has 0 aromatic heterocycles. The van der Waals surface area contributed by atoms with Gasteiger partial charge in [0.2, 0.25) is 0 Å². The lowest BCUT2D eigenvalue weighted by atomic mass is 10.0. The summed E-state index contributed by atoms with van der Waals surface area (Å²) in [5.41, 5.74) is -0.844. The summed E-state index contributed by atoms with van der Waals surface area (Å²) < 4.78 is 10.4. The Morgan fingerprint density at radius 3 is 2.38 bits per heavy atom. The fourth-order valence-electron chi connectivity index (χ4n) is 1.80. The lowest BCUT2D eigenvalue weighted by Crippen LogP contribution is -2.47. The Hall–Kier alpha value is -1.25. The van der Waals surface area contributed by atoms with E-state index in [2.05, 4.69) is 16.6 Å². The molecule has 2 N–H and O–H groups in total. The predicted octanol–water partition coefficient (Wildman–Crippen LogP) is 2.31. The van der Waals surface area contributed by atoms with Crippen LogP contribution in [0.2, 0.25) is 0 Å². The molecular formula is C16H30N2O3. The standard InChI is InChI=1S/C16H30N2O3/c1-8-16(5,6)18-13(12-20-7)10-9-11-17-14(19)21-15(2,3)4/h1,13,18H,9-12H2,2-7H3,(H,17,19). The van der Waals surface area contributed by atoms with Gasteiger partial charge in [-0.1, -0.05) is 5.92 Å². The molecule has 122 valence electrons. The maximum atomic E-state index is 11.5. The summed E-state index contributed by atoms with van der Waals surface area (Å²) in [6, 6.07) is 0.154. The SMILES string of the molecule is C#CC(C)(C)NC(CCCNC(=O)OC(C)(C)C)COC. The first-order valence-corrected chi connectivity index (χ1v) is 7.31. The monoisotopic (exact) mass is 298 g/mol. The third-order valence-corrected chi connectivity index (χ3v) is 2.69. The van der Waals surface area contributed by atoms with E-state index >= 15 is 0 Å². The van der Waals surface area contributed by atoms with Crippen LogP contribution in [0.15, 0.2) is 0 Å². The lowest BCUT2D eigenvalue weighted by Gasteiger charge is -2.27. The minimum Gasteiger partial charge on any atom is -0.444 e. The van der Waals surface area contributed by atoms with Gasteiger partial charge in [-0.05, 0) is 47.5 Å². The third-order valence-electron chi connectivity index (χ3n) is 2.69. The predicted molar refractivity (Wildman–Crippen MR) is 85.2 cm³/mol. The Morgan fingerprint density at radius 2 is 1.90 bits per heavy atom. The molecule has 0 spiro atoms. The van der Waals surface area contributed by atoms with Crippen LogP contribution in [0.3, 0.4) is 0 Å². The van der Waals surface area contributed by atoms with Crippen molar-refractivity contribution in [1.29, 1.82) is 0 Å². The van der Waals surface area contributed by atoms with Gasteiger partial charge in [0, 0.05) is 19.7 Å². The fraction of sp³-hybridized carbons (Fsp3) is 0.812. The van der Waals surface area contributed by atoms with E-state index in [4.69, 9.17) is 15.9 Å². The number of ether oxygens (including phenoxy) is 2. The van der Waals surface area contributed by atoms with Crippen LogP contribution in [0.5, 0.6) is 0 Å². The molecule has 0 aromatic carbocycles. The topological polar surface area (TPSA) is 59.6 Å². The van der Waals surface area contributed by atoms with E-state index in [0.29, 0.717) is 13.2 Å². The molecule has 5 heteroatoms. The number of hydrogen-bond acceptors (Lipinski definition) is 4. The van der Waals surface area contributed by atoms with E-state index in [1.54, 1.807) is 7.11 Å². The number of rotatable bonds is 8. The summed E-state index contributed by atoms with van der Waals surface area (Å²) in [4.78, 5) is 11.5. The second kappa shape index (κ2) is 8.91. The fourth-order valence-corrected chi connectivity index (χ4v) is 1.80. The molecule has 0 radical (unpaired) electrons. The van der Waals surface area contributed by atoms with E-state index in [1.165, 1.54) is 0 Å². The lowest BCUT2D eigenvalue weighted by molar-refractivity contribution is 0.0525. The molecular weight excluding hydrogens is 268 g/mol. The molecule has 1 atom stereocenters. The summed E-state index contributed by atoms with van der Waals surface area (Å²) in [7, 11) is 1.66. The van der Waals surface area contributed by atoms with Crippen molar-refractivity contribution in [3.05, 3.63) is 0 Å². The minimum absolute atomic E-state index is 0.154. The van der Waals surface area contributed by atoms with Gasteiger partial charge in [-0.25, -0.2) is 4.79 Å². The van der Waals surface area contributed by atoms with Crippen molar-refractivity contribution in [2.75, 3.05) is 20.3 Å². The van der Waals surface area contributed by atoms with Crippen molar-refractivity contribution < 1.29 is 14.3 Å². The highest BCUT2D eigenvalue weighted by atomic mass is 16.6. The number of alkyl carbamates (subject to hydrolysis) is 1. The van der Waals surface area contributed by atoms with E-state index in [-0.39, 0.29) is 17.7 Å². The van der Waals surface area contributed by atoms with Crippen LogP contribution in [0.1, 0.15) is 47.5 Å². The average molecular weight is 298 g/mol. The second-order valence-corrected chi connectivity index (χ2v) is 6.64. The van der Waals surface area contributed by atoms with Gasteiger partial charge in [0.25, 0.3) is 0 Å². The number of carbonyl (C=O) groups is 1. The molecule has 0 bridgehead atoms. The summed E-state index contributed by atoms with van der Waals surface area (Å²) in [5, 5.41) is 6.11. The van der Waals surface area contributed by atoms with E-state index in [0.717, 1.165) is 12.8 Å². The van der Waals surface area contributed by atoms with Gasteiger partial charge < -0.3 is 14.8 Å². The Kier molecular flexibility index (Phi) is 8.38. The average Bonchev–Trinajstić information content (AvgIpc) is 2.32. The molecule has 0 rings (SSSR count). The highest BCUT2D eigenvalue weighted by Crippen LogP contribution is 2.08. The van der Waals surface area contributed by atoms with Gasteiger partial charge in [-0.3, -0.25) is 5.32 Å². The maximum Gasteiger partial charge on any atom is 0.407 e. The molecule has 0 heterocycles. The number of hydrogen-bond donors (Lipinski definition) is 2. The summed E-state index contributed by atoms with van der Waals surface area (Å²) in [6.07, 6.45) is 6.77. The highest BCUT2D eigenvalue weighted by molar-refractivity contribution is 5.67. The van der Waals surface area contributed by atoms with Crippen LogP contribution >= 0.6 is 0 Å². The van der Waals surface area contributed by atoms with E-state index in [9.17, 15) is 4.79 Å². The zero-order valence-corrected chi connectivity index (χ0v) is 14.2. The van der Waals surface area contributed by atoms with Crippen molar-refractivity contribution in [3.8, 4) is 12.3 Å². The van der Waals surface area contributed by atoms with Crippen LogP contribution in [0, 0.1) is 12.3 Å². The Morgan fingerprint density at radius 1 is 1.29 bits per heavy atom. The van der Waals surface area contributed by atoms with Gasteiger partial charge in [0.1, 0.15) is 5.60 Å². The first-order chi connectivity index (χ1) is 9.59. The van der Waals surface area contributed by atoms with Crippen LogP contribution in [0.25, 0.3) is 0 Å². The molecule has 1 amide bonds. The summed E-state index contributed by atoms with van der Waals surface area (Å²) in [6.45, 7) is 10.6. The molecule has 21 heavy (non-hydrogen) atoms. The first-order valence-electron chi connectivity index (χ1n) is 7.31. The van der Waals surface area contributed by atoms with Crippen LogP contribution in [-0.2, 0) is 9.47 Å². The number of carbonyl (C=O) groups excluding carboxylic acids is 1. The van der Waals surface area contributed by atoms with Crippen LogP contribution < -0.4 is 10.6 Å². The number of methoxy groups -OCH3 is 1. The second-order valence-electron chi connectivity index (χ2n) is 6.64. The van der Waals surface area contributed by atoms with E-state index in [1.807, 2.05) is 34.6 Å². The molecule has 0 saturated carbocycles. The number of nitrogens with one attached hydrogen (secondary N) is 2. The molecule has 5 nitrogen and oxygen atoms in total. The quantitative estimate of drug-likeness (QED) is 0.533. The number of terminal acetylenes is 1. The molecule has 0 aromatic rings. The smallest absolute Gasteiger partial charge is 0.407 e. The summed E-state index contributed by atoms with van der Waals surface area (Å²) in [5.74, 6) is 2.71. The molecule has 1 unspecified atom stereocenters. The molecule has 0 aliphatic rings. The zero-order chi connectivity index (χ0) is 16.5. The van der Waals surface area contributed by atoms with Gasteiger partial charge in [0.15, 0.2) is 0 Å². The number of amides is 1. The molecule has 0 fully saturated rings. The third kappa shape index (κ3) is 11.1. The van der Waals surface area contributed by atoms with E-state index < -0.39 is 5.60 Å². The van der Waals surface area contributed by atoms with Crippen LogP contribution in [-0.4, -0.2) is 43.5 Å². The molecule has 0 aliphatic heterocycles. The van der Waals surface area contributed by atoms with Crippen molar-refractivity contribution in [1.82, 2.24) is 10.6 Å². The maximum absolute atomic E-state index is 11.5. The van der Waals surface area contributed by atoms with Gasteiger partial charge in [-0.15, -0.1) is 6.42 Å². The zero-order valence-electron chi connectivity index (χ0n) is 14.2. The largest absolute Gasteiger partial charge is 0.444 e. The van der Waals surface area contributed by atoms with Crippen molar-refractivity contribution in [2.45, 2.75) is 64.6 Å². The van der Waals surface area contributed by atoms with Gasteiger partial charge in [-0.2, -0.15) is 0 Å². The van der Waals surface area contributed by atoms with Crippen molar-refractivity contribution in [2.24, 2.45) is 0 Å². The Balaban J connectivity index is 4.05. The van der Waals surface area contributed by atoms with Gasteiger partial charge >= 0.3 is 6.09 Å². The van der Waals surface area contributed by atoms with Gasteiger partial charge in [0.05, 0.1) is 12.1 Å². The Bertz CT molecular complexity index is 354.